The molecule has 0 saturated heterocycles. The third kappa shape index (κ3) is 4.14. The van der Waals surface area contributed by atoms with E-state index in [0.29, 0.717) is 12.1 Å². The highest BCUT2D eigenvalue weighted by Gasteiger charge is 2.25. The van der Waals surface area contributed by atoms with E-state index in [1.54, 1.807) is 0 Å². The van der Waals surface area contributed by atoms with E-state index in [-0.39, 0.29) is 18.4 Å². The molecule has 0 saturated carbocycles. The molecule has 5 nitrogen and oxygen atoms in total. The molecule has 4 rings (SSSR count). The summed E-state index contributed by atoms with van der Waals surface area (Å²) in [5.74, 6) is -0.563. The van der Waals surface area contributed by atoms with Crippen molar-refractivity contribution in [2.75, 3.05) is 13.2 Å². The van der Waals surface area contributed by atoms with Crippen molar-refractivity contribution in [3.63, 3.8) is 0 Å². The summed E-state index contributed by atoms with van der Waals surface area (Å²) in [4.78, 5) is 29.7. The van der Waals surface area contributed by atoms with Gasteiger partial charge in [0, 0.05) is 17.6 Å². The average Bonchev–Trinajstić information content (AvgIpc) is 3.22. The van der Waals surface area contributed by atoms with Crippen LogP contribution in [0.3, 0.4) is 0 Å². The van der Waals surface area contributed by atoms with Crippen LogP contribution in [0.25, 0.3) is 10.9 Å². The summed E-state index contributed by atoms with van der Waals surface area (Å²) in [5.41, 5.74) is 4.45. The lowest BCUT2D eigenvalue weighted by Crippen LogP contribution is -2.31. The lowest BCUT2D eigenvalue weighted by Gasteiger charge is -2.14. The molecule has 5 heteroatoms. The number of para-hydroxylation sites is 1. The zero-order valence-corrected chi connectivity index (χ0v) is 16.5. The zero-order chi connectivity index (χ0) is 20.2. The van der Waals surface area contributed by atoms with Crippen LogP contribution in [-0.2, 0) is 22.4 Å². The van der Waals surface area contributed by atoms with E-state index in [9.17, 15) is 9.59 Å². The zero-order valence-electron chi connectivity index (χ0n) is 16.5. The predicted molar refractivity (Wildman–Crippen MR) is 112 cm³/mol. The summed E-state index contributed by atoms with van der Waals surface area (Å²) in [6.45, 7) is 2.26. The van der Waals surface area contributed by atoms with Crippen LogP contribution in [0.15, 0.2) is 54.6 Å². The molecule has 1 aliphatic rings. The Morgan fingerprint density at radius 1 is 1.07 bits per heavy atom. The quantitative estimate of drug-likeness (QED) is 0.652. The van der Waals surface area contributed by atoms with E-state index in [0.717, 1.165) is 47.0 Å². The van der Waals surface area contributed by atoms with E-state index in [2.05, 4.69) is 10.3 Å². The average molecular weight is 388 g/mol. The van der Waals surface area contributed by atoms with Crippen LogP contribution in [0.4, 0.5) is 0 Å². The second-order valence-corrected chi connectivity index (χ2v) is 7.47. The Morgan fingerprint density at radius 3 is 2.66 bits per heavy atom. The number of carbonyl (C=O) groups is 2. The van der Waals surface area contributed by atoms with E-state index in [1.807, 2.05) is 61.5 Å². The number of pyridine rings is 1. The maximum Gasteiger partial charge on any atom is 0.339 e. The van der Waals surface area contributed by atoms with Crippen molar-refractivity contribution in [3.05, 3.63) is 77.0 Å². The highest BCUT2D eigenvalue weighted by Crippen LogP contribution is 2.30. The van der Waals surface area contributed by atoms with Crippen molar-refractivity contribution >= 4 is 22.8 Å². The minimum absolute atomic E-state index is 0.184. The molecule has 148 valence electrons. The maximum atomic E-state index is 12.9. The van der Waals surface area contributed by atoms with Crippen molar-refractivity contribution in [3.8, 4) is 0 Å². The van der Waals surface area contributed by atoms with Crippen LogP contribution in [0.5, 0.6) is 0 Å². The van der Waals surface area contributed by atoms with Gasteiger partial charge in [-0.3, -0.25) is 9.78 Å². The van der Waals surface area contributed by atoms with Gasteiger partial charge in [-0.05, 0) is 42.4 Å². The van der Waals surface area contributed by atoms with Gasteiger partial charge in [0.2, 0.25) is 0 Å². The summed E-state index contributed by atoms with van der Waals surface area (Å²) >= 11 is 0. The molecular weight excluding hydrogens is 364 g/mol. The first-order chi connectivity index (χ1) is 14.1. The number of rotatable bonds is 6. The third-order valence-electron chi connectivity index (χ3n) is 5.43. The minimum atomic E-state index is -0.451. The predicted octanol–water partition coefficient (Wildman–Crippen LogP) is 3.80. The summed E-state index contributed by atoms with van der Waals surface area (Å²) < 4.78 is 5.38. The molecular formula is C24H24N2O3. The largest absolute Gasteiger partial charge is 0.452 e. The number of benzene rings is 2. The number of amides is 1. The van der Waals surface area contributed by atoms with Gasteiger partial charge in [-0.15, -0.1) is 0 Å². The Kier molecular flexibility index (Phi) is 5.56. The maximum absolute atomic E-state index is 12.9. The van der Waals surface area contributed by atoms with Gasteiger partial charge in [0.05, 0.1) is 11.1 Å². The number of carbonyl (C=O) groups excluding carboxylic acids is 2. The Bertz CT molecular complexity index is 1050. The highest BCUT2D eigenvalue weighted by atomic mass is 16.5. The molecule has 1 heterocycles. The molecule has 2 aromatic carbocycles. The van der Waals surface area contributed by atoms with E-state index in [4.69, 9.17) is 4.74 Å². The van der Waals surface area contributed by atoms with E-state index in [1.165, 1.54) is 0 Å². The van der Waals surface area contributed by atoms with Gasteiger partial charge in [-0.2, -0.15) is 0 Å². The van der Waals surface area contributed by atoms with Crippen LogP contribution in [0, 0.1) is 0 Å². The van der Waals surface area contributed by atoms with Crippen molar-refractivity contribution in [2.24, 2.45) is 0 Å². The molecule has 1 unspecified atom stereocenters. The highest BCUT2D eigenvalue weighted by molar-refractivity contribution is 6.05. The number of hydrogen-bond donors (Lipinski definition) is 1. The number of aromatic nitrogens is 1. The number of esters is 1. The second kappa shape index (κ2) is 8.43. The molecule has 0 fully saturated rings. The molecule has 1 amide bonds. The van der Waals surface area contributed by atoms with Crippen LogP contribution in [-0.4, -0.2) is 30.0 Å². The monoisotopic (exact) mass is 388 g/mol. The first kappa shape index (κ1) is 19.1. The fraction of sp³-hybridized carbons (Fsp3) is 0.292. The number of aryl methyl sites for hydroxylation is 1. The van der Waals surface area contributed by atoms with E-state index < -0.39 is 5.97 Å². The lowest BCUT2D eigenvalue weighted by molar-refractivity contribution is -0.124. The second-order valence-electron chi connectivity index (χ2n) is 7.47. The van der Waals surface area contributed by atoms with Crippen molar-refractivity contribution < 1.29 is 14.3 Å². The van der Waals surface area contributed by atoms with Crippen LogP contribution in [0.1, 0.15) is 46.4 Å². The molecule has 0 spiro atoms. The standard InChI is InChI=1S/C24H24N2O3/c1-16(17-8-3-2-4-9-17)14-25-22(27)15-29-24(28)23-18-10-5-6-12-20(18)26-21-13-7-11-19(21)23/h2-6,8-10,12,16H,7,11,13-15H2,1H3,(H,25,27). The molecule has 29 heavy (non-hydrogen) atoms. The number of fused-ring (bicyclic) bond motifs is 2. The van der Waals surface area contributed by atoms with Crippen LogP contribution in [0.2, 0.25) is 0 Å². The summed E-state index contributed by atoms with van der Waals surface area (Å²) in [5, 5.41) is 3.64. The van der Waals surface area contributed by atoms with Gasteiger partial charge in [0.15, 0.2) is 6.61 Å². The fourth-order valence-electron chi connectivity index (χ4n) is 3.86. The molecule has 0 radical (unpaired) electrons. The molecule has 3 aromatic rings. The molecule has 1 atom stereocenters. The summed E-state index contributed by atoms with van der Waals surface area (Å²) in [6.07, 6.45) is 2.67. The van der Waals surface area contributed by atoms with Crippen molar-refractivity contribution in [2.45, 2.75) is 32.1 Å². The topological polar surface area (TPSA) is 68.3 Å². The van der Waals surface area contributed by atoms with Gasteiger partial charge in [-0.25, -0.2) is 4.79 Å². The summed E-state index contributed by atoms with van der Waals surface area (Å²) in [6, 6.07) is 17.6. The molecule has 0 aliphatic heterocycles. The number of nitrogens with zero attached hydrogens (tertiary/aromatic N) is 1. The first-order valence-electron chi connectivity index (χ1n) is 10.0. The first-order valence-corrected chi connectivity index (χ1v) is 10.0. The third-order valence-corrected chi connectivity index (χ3v) is 5.43. The molecule has 0 bridgehead atoms. The Morgan fingerprint density at radius 2 is 1.83 bits per heavy atom. The number of nitrogens with one attached hydrogen (secondary N) is 1. The van der Waals surface area contributed by atoms with Gasteiger partial charge in [0.25, 0.3) is 5.91 Å². The van der Waals surface area contributed by atoms with Crippen LogP contribution < -0.4 is 5.32 Å². The normalized spacial score (nSPS) is 13.7. The molecule has 1 N–H and O–H groups in total. The van der Waals surface area contributed by atoms with Gasteiger partial charge < -0.3 is 10.1 Å². The van der Waals surface area contributed by atoms with Gasteiger partial charge >= 0.3 is 5.97 Å². The Balaban J connectivity index is 1.41. The fourth-order valence-corrected chi connectivity index (χ4v) is 3.86. The minimum Gasteiger partial charge on any atom is -0.452 e. The lowest BCUT2D eigenvalue weighted by atomic mass is 10.0. The van der Waals surface area contributed by atoms with Crippen molar-refractivity contribution in [1.82, 2.24) is 10.3 Å². The SMILES string of the molecule is CC(CNC(=O)COC(=O)c1c2c(nc3ccccc13)CCC2)c1ccccc1. The summed E-state index contributed by atoms with van der Waals surface area (Å²) in [7, 11) is 0. The van der Waals surface area contributed by atoms with Gasteiger partial charge in [0.1, 0.15) is 0 Å². The Hall–Kier alpha value is -3.21. The molecule has 1 aliphatic carbocycles. The van der Waals surface area contributed by atoms with Crippen molar-refractivity contribution in [1.29, 1.82) is 0 Å². The Labute approximate surface area is 170 Å². The van der Waals surface area contributed by atoms with E-state index >= 15 is 0 Å². The smallest absolute Gasteiger partial charge is 0.339 e. The molecule has 1 aromatic heterocycles. The number of hydrogen-bond acceptors (Lipinski definition) is 4. The number of ether oxygens (including phenoxy) is 1. The van der Waals surface area contributed by atoms with Gasteiger partial charge in [-0.1, -0.05) is 55.5 Å². The van der Waals surface area contributed by atoms with Crippen LogP contribution >= 0.6 is 0 Å².